The average Bonchev–Trinajstić information content (AvgIpc) is 2.70. The van der Waals surface area contributed by atoms with Crippen molar-refractivity contribution < 1.29 is 0 Å². The molecule has 1 saturated heterocycles. The minimum absolute atomic E-state index is 0.345. The van der Waals surface area contributed by atoms with Crippen molar-refractivity contribution >= 4 is 23.2 Å². The van der Waals surface area contributed by atoms with Crippen molar-refractivity contribution in [2.45, 2.75) is 6.04 Å². The first-order valence-electron chi connectivity index (χ1n) is 3.31. The molecule has 0 saturated carbocycles. The lowest BCUT2D eigenvalue weighted by Crippen LogP contribution is -1.88. The van der Waals surface area contributed by atoms with E-state index in [4.69, 9.17) is 23.2 Å². The topological polar surface area (TPSA) is 34.8 Å². The lowest BCUT2D eigenvalue weighted by atomic mass is 10.2. The number of rotatable bonds is 1. The first-order chi connectivity index (χ1) is 5.29. The molecule has 2 heterocycles. The Kier molecular flexibility index (Phi) is 1.75. The van der Waals surface area contributed by atoms with Gasteiger partial charge in [0, 0.05) is 30.5 Å². The molecule has 4 heteroatoms. The fraction of sp³-hybridized carbons (Fsp3) is 0.286. The van der Waals surface area contributed by atoms with Gasteiger partial charge in [0.25, 0.3) is 0 Å². The minimum Gasteiger partial charge on any atom is -0.307 e. The first-order valence-corrected chi connectivity index (χ1v) is 4.07. The molecule has 1 aromatic rings. The molecule has 2 nitrogen and oxygen atoms in total. The predicted molar refractivity (Wildman–Crippen MR) is 45.0 cm³/mol. The van der Waals surface area contributed by atoms with Gasteiger partial charge >= 0.3 is 0 Å². The fourth-order valence-electron chi connectivity index (χ4n) is 1.02. The van der Waals surface area contributed by atoms with Crippen molar-refractivity contribution in [2.24, 2.45) is 0 Å². The highest BCUT2D eigenvalue weighted by Crippen LogP contribution is 2.33. The minimum atomic E-state index is 0.345. The molecule has 11 heavy (non-hydrogen) atoms. The smallest absolute Gasteiger partial charge is 0.0652 e. The van der Waals surface area contributed by atoms with E-state index in [0.717, 1.165) is 12.1 Å². The van der Waals surface area contributed by atoms with Gasteiger partial charge in [-0.3, -0.25) is 4.98 Å². The third-order valence-corrected chi connectivity index (χ3v) is 2.25. The number of pyridine rings is 1. The summed E-state index contributed by atoms with van der Waals surface area (Å²) in [6, 6.07) is 0.345. The van der Waals surface area contributed by atoms with Crippen LogP contribution in [0.5, 0.6) is 0 Å². The van der Waals surface area contributed by atoms with E-state index in [1.807, 2.05) is 0 Å². The lowest BCUT2D eigenvalue weighted by Gasteiger charge is -2.01. The Hall–Kier alpha value is -0.310. The van der Waals surface area contributed by atoms with E-state index in [2.05, 4.69) is 10.3 Å². The van der Waals surface area contributed by atoms with E-state index < -0.39 is 0 Å². The van der Waals surface area contributed by atoms with E-state index in [-0.39, 0.29) is 0 Å². The van der Waals surface area contributed by atoms with Crippen molar-refractivity contribution in [1.29, 1.82) is 0 Å². The van der Waals surface area contributed by atoms with Crippen LogP contribution in [0.1, 0.15) is 11.6 Å². The van der Waals surface area contributed by atoms with E-state index in [9.17, 15) is 0 Å². The zero-order valence-electron chi connectivity index (χ0n) is 5.64. The van der Waals surface area contributed by atoms with Crippen LogP contribution in [0.2, 0.25) is 10.0 Å². The fourth-order valence-corrected chi connectivity index (χ4v) is 1.65. The highest BCUT2D eigenvalue weighted by atomic mass is 35.5. The molecular weight excluding hydrogens is 183 g/mol. The first kappa shape index (κ1) is 7.35. The molecule has 2 rings (SSSR count). The molecular formula is C7H6Cl2N2. The maximum atomic E-state index is 5.88. The van der Waals surface area contributed by atoms with Crippen LogP contribution in [0, 0.1) is 0 Å². The highest BCUT2D eigenvalue weighted by Gasteiger charge is 2.27. The summed E-state index contributed by atoms with van der Waals surface area (Å²) in [5.74, 6) is 0. The monoisotopic (exact) mass is 188 g/mol. The molecule has 0 unspecified atom stereocenters. The van der Waals surface area contributed by atoms with E-state index >= 15 is 0 Å². The van der Waals surface area contributed by atoms with Crippen LogP contribution in [0.15, 0.2) is 12.4 Å². The summed E-state index contributed by atoms with van der Waals surface area (Å²) in [6.07, 6.45) is 3.23. The van der Waals surface area contributed by atoms with Gasteiger partial charge in [0.15, 0.2) is 0 Å². The molecule has 0 aliphatic carbocycles. The summed E-state index contributed by atoms with van der Waals surface area (Å²) in [6.45, 7) is 0.962. The van der Waals surface area contributed by atoms with Gasteiger partial charge in [-0.25, -0.2) is 0 Å². The van der Waals surface area contributed by atoms with Gasteiger partial charge < -0.3 is 5.32 Å². The van der Waals surface area contributed by atoms with E-state index in [1.54, 1.807) is 12.4 Å². The van der Waals surface area contributed by atoms with Crippen LogP contribution >= 0.6 is 23.2 Å². The van der Waals surface area contributed by atoms with Crippen molar-refractivity contribution in [3.63, 3.8) is 0 Å². The van der Waals surface area contributed by atoms with Crippen molar-refractivity contribution in [3.8, 4) is 0 Å². The molecule has 0 aromatic carbocycles. The Morgan fingerprint density at radius 3 is 2.36 bits per heavy atom. The standard InChI is InChI=1S/C7H6Cl2N2/c8-4-1-10-2-5(9)7(4)6-3-11-6/h1-2,6,11H,3H2/t6-/m1/s1. The zero-order chi connectivity index (χ0) is 7.84. The molecule has 0 spiro atoms. The van der Waals surface area contributed by atoms with Crippen LogP contribution < -0.4 is 5.32 Å². The number of nitrogens with one attached hydrogen (secondary N) is 1. The summed E-state index contributed by atoms with van der Waals surface area (Å²) in [5.41, 5.74) is 0.975. The summed E-state index contributed by atoms with van der Waals surface area (Å²) < 4.78 is 0. The molecule has 1 N–H and O–H groups in total. The Morgan fingerprint density at radius 1 is 1.36 bits per heavy atom. The van der Waals surface area contributed by atoms with Crippen LogP contribution in [-0.2, 0) is 0 Å². The van der Waals surface area contributed by atoms with Crippen LogP contribution in [-0.4, -0.2) is 11.5 Å². The predicted octanol–water partition coefficient (Wildman–Crippen LogP) is 2.03. The largest absolute Gasteiger partial charge is 0.307 e. The second-order valence-corrected chi connectivity index (χ2v) is 3.29. The quantitative estimate of drug-likeness (QED) is 0.686. The number of halogens is 2. The Labute approximate surface area is 74.5 Å². The second-order valence-electron chi connectivity index (χ2n) is 2.48. The maximum Gasteiger partial charge on any atom is 0.0652 e. The second kappa shape index (κ2) is 2.63. The van der Waals surface area contributed by atoms with Gasteiger partial charge in [0.1, 0.15) is 0 Å². The Bertz CT molecular complexity index is 264. The third kappa shape index (κ3) is 1.34. The van der Waals surface area contributed by atoms with Crippen molar-refractivity contribution in [3.05, 3.63) is 28.0 Å². The summed E-state index contributed by atoms with van der Waals surface area (Å²) >= 11 is 11.8. The number of hydrogen-bond acceptors (Lipinski definition) is 2. The van der Waals surface area contributed by atoms with Crippen LogP contribution in [0.25, 0.3) is 0 Å². The van der Waals surface area contributed by atoms with Gasteiger partial charge in [0.05, 0.1) is 10.0 Å². The molecule has 1 aliphatic heterocycles. The molecule has 58 valence electrons. The summed E-state index contributed by atoms with van der Waals surface area (Å²) in [5, 5.41) is 4.43. The molecule has 1 aliphatic rings. The highest BCUT2D eigenvalue weighted by molar-refractivity contribution is 6.35. The summed E-state index contributed by atoms with van der Waals surface area (Å²) in [4.78, 5) is 3.86. The molecule has 1 atom stereocenters. The molecule has 0 amide bonds. The van der Waals surface area contributed by atoms with Gasteiger partial charge in [0.2, 0.25) is 0 Å². The lowest BCUT2D eigenvalue weighted by molar-refractivity contribution is 1.07. The SMILES string of the molecule is Clc1cncc(Cl)c1[C@H]1CN1. The van der Waals surface area contributed by atoms with Crippen LogP contribution in [0.4, 0.5) is 0 Å². The molecule has 1 aromatic heterocycles. The number of nitrogens with zero attached hydrogens (tertiary/aromatic N) is 1. The summed E-state index contributed by atoms with van der Waals surface area (Å²) in [7, 11) is 0. The van der Waals surface area contributed by atoms with Crippen molar-refractivity contribution in [1.82, 2.24) is 10.3 Å². The number of hydrogen-bond donors (Lipinski definition) is 1. The molecule has 0 radical (unpaired) electrons. The number of aromatic nitrogens is 1. The van der Waals surface area contributed by atoms with Gasteiger partial charge in [-0.1, -0.05) is 23.2 Å². The third-order valence-electron chi connectivity index (χ3n) is 1.65. The Morgan fingerprint density at radius 2 is 1.91 bits per heavy atom. The van der Waals surface area contributed by atoms with E-state index in [1.165, 1.54) is 0 Å². The van der Waals surface area contributed by atoms with Gasteiger partial charge in [-0.2, -0.15) is 0 Å². The van der Waals surface area contributed by atoms with Crippen LogP contribution in [0.3, 0.4) is 0 Å². The average molecular weight is 189 g/mol. The van der Waals surface area contributed by atoms with Gasteiger partial charge in [-0.05, 0) is 0 Å². The van der Waals surface area contributed by atoms with E-state index in [0.29, 0.717) is 16.1 Å². The maximum absolute atomic E-state index is 5.88. The molecule has 1 fully saturated rings. The zero-order valence-corrected chi connectivity index (χ0v) is 7.15. The van der Waals surface area contributed by atoms with Gasteiger partial charge in [-0.15, -0.1) is 0 Å². The van der Waals surface area contributed by atoms with Crippen molar-refractivity contribution in [2.75, 3.05) is 6.54 Å². The molecule has 0 bridgehead atoms. The normalized spacial score (nSPS) is 21.8. The Balaban J connectivity index is 2.48.